The predicted molar refractivity (Wildman–Crippen MR) is 88.5 cm³/mol. The molecule has 1 fully saturated rings. The van der Waals surface area contributed by atoms with Crippen LogP contribution < -0.4 is 5.32 Å². The summed E-state index contributed by atoms with van der Waals surface area (Å²) in [4.78, 5) is 14.3. The molecule has 0 aliphatic heterocycles. The van der Waals surface area contributed by atoms with Gasteiger partial charge in [-0.1, -0.05) is 50.1 Å². The number of nitrogens with one attached hydrogen (secondary N) is 1. The Hall–Kier alpha value is -1.39. The van der Waals surface area contributed by atoms with Crippen LogP contribution in [0.25, 0.3) is 0 Å². The number of rotatable bonds is 6. The molecule has 122 valence electrons. The first-order valence-corrected chi connectivity index (χ1v) is 8.28. The average Bonchev–Trinajstić information content (AvgIpc) is 2.56. The minimum Gasteiger partial charge on any atom is -0.394 e. The number of carbonyl (C=O) groups excluding carboxylic acids is 1. The Labute approximate surface area is 133 Å². The highest BCUT2D eigenvalue weighted by Crippen LogP contribution is 2.27. The molecule has 4 nitrogen and oxygen atoms in total. The Balaban J connectivity index is 1.88. The van der Waals surface area contributed by atoms with Gasteiger partial charge in [-0.2, -0.15) is 0 Å². The van der Waals surface area contributed by atoms with Crippen LogP contribution in [0.1, 0.15) is 44.2 Å². The summed E-state index contributed by atoms with van der Waals surface area (Å²) in [6, 6.07) is 9.92. The number of nitrogens with zero attached hydrogens (tertiary/aromatic N) is 1. The predicted octanol–water partition coefficient (Wildman–Crippen LogP) is 2.35. The number of hydrogen-bond donors (Lipinski definition) is 2. The molecular formula is C18H28N2O2. The largest absolute Gasteiger partial charge is 0.394 e. The molecule has 0 spiro atoms. The molecule has 0 unspecified atom stereocenters. The van der Waals surface area contributed by atoms with Crippen LogP contribution in [0.5, 0.6) is 0 Å². The molecular weight excluding hydrogens is 276 g/mol. The first-order chi connectivity index (χ1) is 10.6. The number of likely N-dealkylation sites (N-methyl/N-ethyl adjacent to an activating group) is 1. The van der Waals surface area contributed by atoms with E-state index in [4.69, 9.17) is 0 Å². The summed E-state index contributed by atoms with van der Waals surface area (Å²) < 4.78 is 0. The Morgan fingerprint density at radius 1 is 1.32 bits per heavy atom. The third-order valence-corrected chi connectivity index (χ3v) is 4.84. The lowest BCUT2D eigenvalue weighted by molar-refractivity contribution is -0.132. The first-order valence-electron chi connectivity index (χ1n) is 8.28. The van der Waals surface area contributed by atoms with Crippen LogP contribution in [-0.2, 0) is 4.79 Å². The van der Waals surface area contributed by atoms with Crippen molar-refractivity contribution in [3.8, 4) is 0 Å². The summed E-state index contributed by atoms with van der Waals surface area (Å²) in [5, 5.41) is 12.7. The fourth-order valence-electron chi connectivity index (χ4n) is 3.37. The monoisotopic (exact) mass is 304 g/mol. The molecule has 2 N–H and O–H groups in total. The summed E-state index contributed by atoms with van der Waals surface area (Å²) in [5.41, 5.74) is 1.01. The van der Waals surface area contributed by atoms with E-state index in [0.29, 0.717) is 12.0 Å². The Bertz CT molecular complexity index is 463. The van der Waals surface area contributed by atoms with Crippen molar-refractivity contribution in [3.63, 3.8) is 0 Å². The molecule has 0 aromatic heterocycles. The van der Waals surface area contributed by atoms with Crippen molar-refractivity contribution in [2.75, 3.05) is 20.2 Å². The third kappa shape index (κ3) is 4.31. The maximum absolute atomic E-state index is 12.4. The van der Waals surface area contributed by atoms with Crippen molar-refractivity contribution >= 4 is 5.91 Å². The number of carbonyl (C=O) groups is 1. The van der Waals surface area contributed by atoms with Gasteiger partial charge in [0.25, 0.3) is 0 Å². The molecule has 2 rings (SSSR count). The van der Waals surface area contributed by atoms with Crippen LogP contribution >= 0.6 is 0 Å². The molecule has 0 saturated heterocycles. The van der Waals surface area contributed by atoms with Gasteiger partial charge in [0.05, 0.1) is 19.2 Å². The Kier molecular flexibility index (Phi) is 6.40. The summed E-state index contributed by atoms with van der Waals surface area (Å²) in [6.07, 6.45) is 4.80. The van der Waals surface area contributed by atoms with Crippen LogP contribution in [0, 0.1) is 5.92 Å². The molecule has 1 aliphatic carbocycles. The molecule has 0 heterocycles. The van der Waals surface area contributed by atoms with Gasteiger partial charge in [-0.25, -0.2) is 0 Å². The van der Waals surface area contributed by atoms with Gasteiger partial charge >= 0.3 is 0 Å². The van der Waals surface area contributed by atoms with E-state index in [1.54, 1.807) is 0 Å². The van der Waals surface area contributed by atoms with Gasteiger partial charge in [0, 0.05) is 13.1 Å². The zero-order valence-electron chi connectivity index (χ0n) is 13.7. The van der Waals surface area contributed by atoms with E-state index in [1.807, 2.05) is 42.3 Å². The van der Waals surface area contributed by atoms with Gasteiger partial charge < -0.3 is 10.0 Å². The van der Waals surface area contributed by atoms with E-state index >= 15 is 0 Å². The lowest BCUT2D eigenvalue weighted by Gasteiger charge is -2.36. The minimum atomic E-state index is -0.192. The van der Waals surface area contributed by atoms with Crippen molar-refractivity contribution < 1.29 is 9.90 Å². The fraction of sp³-hybridized carbons (Fsp3) is 0.611. The summed E-state index contributed by atoms with van der Waals surface area (Å²) in [7, 11) is 1.91. The molecule has 22 heavy (non-hydrogen) atoms. The molecule has 3 atom stereocenters. The molecule has 1 aliphatic rings. The number of benzene rings is 1. The van der Waals surface area contributed by atoms with E-state index in [-0.39, 0.29) is 25.1 Å². The van der Waals surface area contributed by atoms with Crippen LogP contribution in [0.4, 0.5) is 0 Å². The molecule has 0 bridgehead atoms. The fourth-order valence-corrected chi connectivity index (χ4v) is 3.37. The SMILES string of the molecule is C[C@@H]1CCCC[C@@H]1N(C)C(=O)CN[C@@H](CO)c1ccccc1. The number of amides is 1. The highest BCUT2D eigenvalue weighted by molar-refractivity contribution is 5.78. The van der Waals surface area contributed by atoms with Crippen molar-refractivity contribution in [1.29, 1.82) is 0 Å². The topological polar surface area (TPSA) is 52.6 Å². The van der Waals surface area contributed by atoms with Crippen molar-refractivity contribution in [2.24, 2.45) is 5.92 Å². The maximum atomic E-state index is 12.4. The second-order valence-electron chi connectivity index (χ2n) is 6.36. The highest BCUT2D eigenvalue weighted by atomic mass is 16.3. The third-order valence-electron chi connectivity index (χ3n) is 4.84. The summed E-state index contributed by atoms with van der Waals surface area (Å²) in [5.74, 6) is 0.679. The maximum Gasteiger partial charge on any atom is 0.236 e. The van der Waals surface area contributed by atoms with Crippen molar-refractivity contribution in [1.82, 2.24) is 10.2 Å². The van der Waals surface area contributed by atoms with E-state index in [2.05, 4.69) is 12.2 Å². The average molecular weight is 304 g/mol. The number of hydrogen-bond acceptors (Lipinski definition) is 3. The van der Waals surface area contributed by atoms with Crippen LogP contribution in [0.15, 0.2) is 30.3 Å². The summed E-state index contributed by atoms with van der Waals surface area (Å²) in [6.45, 7) is 2.49. The molecule has 0 radical (unpaired) electrons. The van der Waals surface area contributed by atoms with E-state index in [9.17, 15) is 9.90 Å². The van der Waals surface area contributed by atoms with Crippen LogP contribution in [0.3, 0.4) is 0 Å². The smallest absolute Gasteiger partial charge is 0.236 e. The normalized spacial score (nSPS) is 23.0. The van der Waals surface area contributed by atoms with Gasteiger partial charge in [-0.15, -0.1) is 0 Å². The van der Waals surface area contributed by atoms with Gasteiger partial charge in [-0.3, -0.25) is 10.1 Å². The second kappa shape index (κ2) is 8.30. The van der Waals surface area contributed by atoms with Crippen molar-refractivity contribution in [3.05, 3.63) is 35.9 Å². The number of aliphatic hydroxyl groups is 1. The van der Waals surface area contributed by atoms with Crippen LogP contribution in [0.2, 0.25) is 0 Å². The standard InChI is InChI=1S/C18H28N2O2/c1-14-8-6-7-11-17(14)20(2)18(22)12-19-16(13-21)15-9-4-3-5-10-15/h3-5,9-10,14,16-17,19,21H,6-8,11-13H2,1-2H3/t14-,16+,17+/m1/s1. The molecule has 1 saturated carbocycles. The minimum absolute atomic E-state index is 0.0131. The first kappa shape index (κ1) is 17.0. The van der Waals surface area contributed by atoms with Gasteiger partial charge in [0.2, 0.25) is 5.91 Å². The van der Waals surface area contributed by atoms with E-state index in [1.165, 1.54) is 19.3 Å². The zero-order valence-corrected chi connectivity index (χ0v) is 13.7. The number of aliphatic hydroxyl groups excluding tert-OH is 1. The Morgan fingerprint density at radius 3 is 2.64 bits per heavy atom. The summed E-state index contributed by atoms with van der Waals surface area (Å²) >= 11 is 0. The highest BCUT2D eigenvalue weighted by Gasteiger charge is 2.27. The van der Waals surface area contributed by atoms with E-state index in [0.717, 1.165) is 12.0 Å². The zero-order chi connectivity index (χ0) is 15.9. The van der Waals surface area contributed by atoms with Gasteiger partial charge in [0.1, 0.15) is 0 Å². The lowest BCUT2D eigenvalue weighted by atomic mass is 9.85. The lowest BCUT2D eigenvalue weighted by Crippen LogP contribution is -2.46. The molecule has 1 aromatic rings. The van der Waals surface area contributed by atoms with Crippen molar-refractivity contribution in [2.45, 2.75) is 44.7 Å². The Morgan fingerprint density at radius 2 is 2.00 bits per heavy atom. The van der Waals surface area contributed by atoms with E-state index < -0.39 is 0 Å². The molecule has 1 aromatic carbocycles. The van der Waals surface area contributed by atoms with Crippen LogP contribution in [-0.4, -0.2) is 42.2 Å². The van der Waals surface area contributed by atoms with Gasteiger partial charge in [-0.05, 0) is 24.3 Å². The second-order valence-corrected chi connectivity index (χ2v) is 6.36. The molecule has 4 heteroatoms. The molecule has 1 amide bonds. The quantitative estimate of drug-likeness (QED) is 0.848. The van der Waals surface area contributed by atoms with Gasteiger partial charge in [0.15, 0.2) is 0 Å².